The van der Waals surface area contributed by atoms with Crippen LogP contribution in [0.15, 0.2) is 30.3 Å². The molecule has 0 aliphatic carbocycles. The first kappa shape index (κ1) is 16.9. The maximum atomic E-state index is 14.3. The molecule has 122 valence electrons. The number of rotatable bonds is 4. The molecule has 0 radical (unpaired) electrons. The van der Waals surface area contributed by atoms with E-state index in [0.717, 1.165) is 5.56 Å². The van der Waals surface area contributed by atoms with E-state index in [1.807, 2.05) is 30.3 Å². The zero-order valence-electron chi connectivity index (χ0n) is 13.5. The Balaban J connectivity index is 1.79. The van der Waals surface area contributed by atoms with Crippen LogP contribution < -0.4 is 5.32 Å². The van der Waals surface area contributed by atoms with Crippen molar-refractivity contribution in [2.24, 2.45) is 5.41 Å². The van der Waals surface area contributed by atoms with Crippen LogP contribution in [0.1, 0.15) is 32.8 Å². The Hall–Kier alpha value is -1.46. The Kier molecular flexibility index (Phi) is 5.53. The number of nitrogens with one attached hydrogen (secondary N) is 1. The van der Waals surface area contributed by atoms with Crippen LogP contribution in [0.2, 0.25) is 0 Å². The highest BCUT2D eigenvalue weighted by Crippen LogP contribution is 2.20. The zero-order valence-corrected chi connectivity index (χ0v) is 13.5. The number of nitrogens with zero attached hydrogens (tertiary/aromatic N) is 1. The highest BCUT2D eigenvalue weighted by molar-refractivity contribution is 5.75. The molecular formula is C17H25FN2O2. The Bertz CT molecular complexity index is 487. The molecule has 22 heavy (non-hydrogen) atoms. The van der Waals surface area contributed by atoms with Gasteiger partial charge in [-0.15, -0.1) is 5.06 Å². The lowest BCUT2D eigenvalue weighted by atomic mass is 9.97. The molecule has 0 saturated carbocycles. The van der Waals surface area contributed by atoms with Crippen LogP contribution >= 0.6 is 0 Å². The molecule has 1 aliphatic heterocycles. The third-order valence-electron chi connectivity index (χ3n) is 3.74. The van der Waals surface area contributed by atoms with Gasteiger partial charge in [-0.1, -0.05) is 30.3 Å². The zero-order chi connectivity index (χ0) is 16.2. The van der Waals surface area contributed by atoms with E-state index in [2.05, 4.69) is 5.32 Å². The van der Waals surface area contributed by atoms with Crippen molar-refractivity contribution in [2.45, 2.75) is 46.0 Å². The molecular weight excluding hydrogens is 283 g/mol. The summed E-state index contributed by atoms with van der Waals surface area (Å²) in [5.41, 5.74) is 0.560. The molecule has 1 heterocycles. The topological polar surface area (TPSA) is 41.6 Å². The molecule has 0 aromatic heterocycles. The van der Waals surface area contributed by atoms with Crippen molar-refractivity contribution in [3.8, 4) is 0 Å². The first-order chi connectivity index (χ1) is 10.4. The Labute approximate surface area is 131 Å². The molecule has 0 spiro atoms. The number of hydrogen-bond acceptors (Lipinski definition) is 4. The van der Waals surface area contributed by atoms with Crippen molar-refractivity contribution in [2.75, 3.05) is 13.1 Å². The largest absolute Gasteiger partial charge is 0.367 e. The summed E-state index contributed by atoms with van der Waals surface area (Å²) in [6, 6.07) is 9.73. The average molecular weight is 308 g/mol. The van der Waals surface area contributed by atoms with Crippen molar-refractivity contribution in [3.05, 3.63) is 35.9 Å². The first-order valence-electron chi connectivity index (χ1n) is 7.75. The summed E-state index contributed by atoms with van der Waals surface area (Å²) in [5.74, 6) is -0.324. The van der Waals surface area contributed by atoms with Crippen LogP contribution in [0.3, 0.4) is 0 Å². The molecule has 1 aromatic rings. The fourth-order valence-electron chi connectivity index (χ4n) is 2.29. The number of carbonyl (C=O) groups is 1. The standard InChI is InChI=1S/C17H25FN2O2/c1-17(2,3)16(21)22-20-10-9-15(14(18)12-20)19-11-13-7-5-4-6-8-13/h4-8,14-15,19H,9-12H2,1-3H3. The summed E-state index contributed by atoms with van der Waals surface area (Å²) in [7, 11) is 0. The van der Waals surface area contributed by atoms with Gasteiger partial charge in [-0.2, -0.15) is 0 Å². The van der Waals surface area contributed by atoms with Gasteiger partial charge in [0.1, 0.15) is 6.17 Å². The summed E-state index contributed by atoms with van der Waals surface area (Å²) < 4.78 is 14.3. The molecule has 1 aromatic carbocycles. The lowest BCUT2D eigenvalue weighted by Gasteiger charge is -2.34. The summed E-state index contributed by atoms with van der Waals surface area (Å²) >= 11 is 0. The number of halogens is 1. The highest BCUT2D eigenvalue weighted by atomic mass is 19.1. The Morgan fingerprint density at radius 3 is 2.64 bits per heavy atom. The molecule has 2 atom stereocenters. The third kappa shape index (κ3) is 4.78. The summed E-state index contributed by atoms with van der Waals surface area (Å²) in [4.78, 5) is 17.1. The van der Waals surface area contributed by atoms with E-state index in [1.165, 1.54) is 5.06 Å². The molecule has 1 N–H and O–H groups in total. The predicted octanol–water partition coefficient (Wildman–Crippen LogP) is 2.69. The Morgan fingerprint density at radius 2 is 2.05 bits per heavy atom. The monoisotopic (exact) mass is 308 g/mol. The average Bonchev–Trinajstić information content (AvgIpc) is 2.46. The molecule has 1 saturated heterocycles. The lowest BCUT2D eigenvalue weighted by Crippen LogP contribution is -2.51. The summed E-state index contributed by atoms with van der Waals surface area (Å²) in [6.45, 7) is 6.68. The van der Waals surface area contributed by atoms with E-state index >= 15 is 0 Å². The van der Waals surface area contributed by atoms with Gasteiger partial charge in [0.25, 0.3) is 0 Å². The molecule has 0 bridgehead atoms. The third-order valence-corrected chi connectivity index (χ3v) is 3.74. The predicted molar refractivity (Wildman–Crippen MR) is 83.7 cm³/mol. The van der Waals surface area contributed by atoms with E-state index in [1.54, 1.807) is 20.8 Å². The number of alkyl halides is 1. The van der Waals surface area contributed by atoms with Gasteiger partial charge in [0.05, 0.1) is 12.0 Å². The molecule has 1 fully saturated rings. The second-order valence-electron chi connectivity index (χ2n) is 6.79. The van der Waals surface area contributed by atoms with E-state index in [9.17, 15) is 9.18 Å². The van der Waals surface area contributed by atoms with E-state index in [-0.39, 0.29) is 18.6 Å². The fraction of sp³-hybridized carbons (Fsp3) is 0.588. The van der Waals surface area contributed by atoms with Crippen molar-refractivity contribution < 1.29 is 14.0 Å². The van der Waals surface area contributed by atoms with Gasteiger partial charge in [0.15, 0.2) is 0 Å². The number of benzene rings is 1. The maximum absolute atomic E-state index is 14.3. The van der Waals surface area contributed by atoms with Crippen molar-refractivity contribution in [1.82, 2.24) is 10.4 Å². The highest BCUT2D eigenvalue weighted by Gasteiger charge is 2.33. The maximum Gasteiger partial charge on any atom is 0.330 e. The molecule has 2 unspecified atom stereocenters. The second kappa shape index (κ2) is 7.20. The number of carbonyl (C=O) groups excluding carboxylic acids is 1. The van der Waals surface area contributed by atoms with Crippen LogP contribution in [0.4, 0.5) is 4.39 Å². The second-order valence-corrected chi connectivity index (χ2v) is 6.79. The van der Waals surface area contributed by atoms with Gasteiger partial charge in [-0.25, -0.2) is 9.18 Å². The van der Waals surface area contributed by atoms with Crippen LogP contribution in [0, 0.1) is 5.41 Å². The van der Waals surface area contributed by atoms with E-state index in [4.69, 9.17) is 4.84 Å². The van der Waals surface area contributed by atoms with Gasteiger partial charge in [-0.3, -0.25) is 0 Å². The minimum Gasteiger partial charge on any atom is -0.367 e. The molecule has 0 amide bonds. The van der Waals surface area contributed by atoms with Crippen LogP contribution in [-0.4, -0.2) is 36.3 Å². The minimum absolute atomic E-state index is 0.119. The first-order valence-corrected chi connectivity index (χ1v) is 7.75. The van der Waals surface area contributed by atoms with E-state index in [0.29, 0.717) is 19.5 Å². The van der Waals surface area contributed by atoms with Crippen molar-refractivity contribution in [3.63, 3.8) is 0 Å². The summed E-state index contributed by atoms with van der Waals surface area (Å²) in [6.07, 6.45) is -0.434. The molecule has 5 heteroatoms. The lowest BCUT2D eigenvalue weighted by molar-refractivity contribution is -0.209. The SMILES string of the molecule is CC(C)(C)C(=O)ON1CCC(NCc2ccccc2)C(F)C1. The van der Waals surface area contributed by atoms with Gasteiger partial charge in [0, 0.05) is 19.1 Å². The quantitative estimate of drug-likeness (QED) is 0.928. The van der Waals surface area contributed by atoms with Gasteiger partial charge in [-0.05, 0) is 32.8 Å². The van der Waals surface area contributed by atoms with Gasteiger partial charge in [0.2, 0.25) is 0 Å². The molecule has 4 nitrogen and oxygen atoms in total. The minimum atomic E-state index is -1.05. The van der Waals surface area contributed by atoms with Crippen molar-refractivity contribution in [1.29, 1.82) is 0 Å². The molecule has 2 rings (SSSR count). The van der Waals surface area contributed by atoms with Crippen LogP contribution in [0.5, 0.6) is 0 Å². The number of hydroxylamine groups is 2. The molecule has 1 aliphatic rings. The van der Waals surface area contributed by atoms with E-state index < -0.39 is 11.6 Å². The van der Waals surface area contributed by atoms with Crippen molar-refractivity contribution >= 4 is 5.97 Å². The van der Waals surface area contributed by atoms with Gasteiger partial charge < -0.3 is 10.2 Å². The van der Waals surface area contributed by atoms with Gasteiger partial charge >= 0.3 is 5.97 Å². The van der Waals surface area contributed by atoms with Crippen LogP contribution in [-0.2, 0) is 16.2 Å². The Morgan fingerprint density at radius 1 is 1.36 bits per heavy atom. The smallest absolute Gasteiger partial charge is 0.330 e. The normalized spacial score (nSPS) is 23.3. The number of piperidine rings is 1. The number of hydrogen-bond donors (Lipinski definition) is 1. The summed E-state index contributed by atoms with van der Waals surface area (Å²) in [5, 5.41) is 4.69. The fourth-order valence-corrected chi connectivity index (χ4v) is 2.29. The van der Waals surface area contributed by atoms with Crippen LogP contribution in [0.25, 0.3) is 0 Å².